The van der Waals surface area contributed by atoms with E-state index in [1.54, 1.807) is 16.7 Å². The van der Waals surface area contributed by atoms with Crippen LogP contribution in [0.15, 0.2) is 42.7 Å². The lowest BCUT2D eigenvalue weighted by Crippen LogP contribution is -2.04. The fraction of sp³-hybridized carbons (Fsp3) is 0.0714. The quantitative estimate of drug-likeness (QED) is 0.541. The van der Waals surface area contributed by atoms with E-state index < -0.39 is 4.92 Å². The van der Waals surface area contributed by atoms with Crippen LogP contribution >= 0.6 is 0 Å². The average Bonchev–Trinajstić information content (AvgIpc) is 2.85. The van der Waals surface area contributed by atoms with Gasteiger partial charge in [-0.15, -0.1) is 0 Å². The van der Waals surface area contributed by atoms with E-state index >= 15 is 0 Å². The Bertz CT molecular complexity index is 878. The second-order valence-corrected chi connectivity index (χ2v) is 4.31. The molecule has 0 atom stereocenters. The second kappa shape index (κ2) is 5.02. The number of hydrogen-bond acceptors (Lipinski definition) is 5. The van der Waals surface area contributed by atoms with Crippen molar-refractivity contribution >= 4 is 16.7 Å². The molecule has 0 fully saturated rings. The molecule has 0 aliphatic heterocycles. The van der Waals surface area contributed by atoms with Gasteiger partial charge < -0.3 is 0 Å². The summed E-state index contributed by atoms with van der Waals surface area (Å²) in [5.74, 6) is 0.466. The molecular weight excluding hydrogens is 270 g/mol. The topological polar surface area (TPSA) is 97.6 Å². The van der Waals surface area contributed by atoms with Crippen molar-refractivity contribution in [2.45, 2.75) is 6.42 Å². The first kappa shape index (κ1) is 12.7. The van der Waals surface area contributed by atoms with Crippen molar-refractivity contribution in [3.05, 3.63) is 58.7 Å². The Kier molecular flexibility index (Phi) is 3.04. The molecule has 0 aliphatic rings. The maximum absolute atomic E-state index is 11.2. The molecular formula is C14H9N5O2. The van der Waals surface area contributed by atoms with Gasteiger partial charge in [0.2, 0.25) is 0 Å². The Balaban J connectivity index is 2.37. The lowest BCUT2D eigenvalue weighted by molar-refractivity contribution is -0.384. The smallest absolute Gasteiger partial charge is 0.289 e. The van der Waals surface area contributed by atoms with E-state index in [-0.39, 0.29) is 12.1 Å². The predicted molar refractivity (Wildman–Crippen MR) is 74.8 cm³/mol. The van der Waals surface area contributed by atoms with E-state index in [1.165, 1.54) is 12.4 Å². The van der Waals surface area contributed by atoms with E-state index in [0.29, 0.717) is 17.0 Å². The minimum atomic E-state index is -0.493. The lowest BCUT2D eigenvalue weighted by Gasteiger charge is -2.07. The number of hydrogen-bond donors (Lipinski definition) is 0. The maximum atomic E-state index is 11.2. The minimum absolute atomic E-state index is 0.0636. The van der Waals surface area contributed by atoms with Gasteiger partial charge in [0.05, 0.1) is 28.4 Å². The number of para-hydroxylation sites is 2. The van der Waals surface area contributed by atoms with Gasteiger partial charge in [-0.2, -0.15) is 5.26 Å². The Hall–Kier alpha value is -3.27. The maximum Gasteiger partial charge on any atom is 0.311 e. The third kappa shape index (κ3) is 2.08. The summed E-state index contributed by atoms with van der Waals surface area (Å²) in [6, 6.07) is 10.9. The predicted octanol–water partition coefficient (Wildman–Crippen LogP) is 2.39. The van der Waals surface area contributed by atoms with Gasteiger partial charge in [-0.25, -0.2) is 4.98 Å². The first-order valence-corrected chi connectivity index (χ1v) is 6.14. The van der Waals surface area contributed by atoms with Gasteiger partial charge in [0.25, 0.3) is 0 Å². The lowest BCUT2D eigenvalue weighted by atomic mass is 10.3. The van der Waals surface area contributed by atoms with Crippen molar-refractivity contribution in [2.75, 3.05) is 0 Å². The Morgan fingerprint density at radius 1 is 1.33 bits per heavy atom. The van der Waals surface area contributed by atoms with Crippen molar-refractivity contribution in [1.29, 1.82) is 5.26 Å². The average molecular weight is 279 g/mol. The van der Waals surface area contributed by atoms with Gasteiger partial charge in [-0.1, -0.05) is 12.1 Å². The molecule has 0 aliphatic carbocycles. The molecule has 0 saturated heterocycles. The number of nitro groups is 1. The summed E-state index contributed by atoms with van der Waals surface area (Å²) in [5.41, 5.74) is 1.64. The Morgan fingerprint density at radius 2 is 2.14 bits per heavy atom. The van der Waals surface area contributed by atoms with Gasteiger partial charge in [0, 0.05) is 6.20 Å². The van der Waals surface area contributed by atoms with Crippen LogP contribution in [0.4, 0.5) is 5.69 Å². The first-order chi connectivity index (χ1) is 10.2. The molecule has 1 aromatic carbocycles. The van der Waals surface area contributed by atoms with Crippen LogP contribution in [0.3, 0.4) is 0 Å². The van der Waals surface area contributed by atoms with E-state index in [2.05, 4.69) is 9.97 Å². The van der Waals surface area contributed by atoms with Crippen LogP contribution in [0.2, 0.25) is 0 Å². The molecule has 21 heavy (non-hydrogen) atoms. The number of nitriles is 1. The summed E-state index contributed by atoms with van der Waals surface area (Å²) in [7, 11) is 0. The van der Waals surface area contributed by atoms with Crippen molar-refractivity contribution in [3.8, 4) is 11.8 Å². The number of rotatable bonds is 3. The molecule has 0 radical (unpaired) electrons. The molecule has 3 rings (SSSR count). The number of nitrogens with zero attached hydrogens (tertiary/aromatic N) is 5. The highest BCUT2D eigenvalue weighted by Gasteiger charge is 2.20. The fourth-order valence-corrected chi connectivity index (χ4v) is 2.24. The highest BCUT2D eigenvalue weighted by molar-refractivity contribution is 5.79. The summed E-state index contributed by atoms with van der Waals surface area (Å²) in [6.45, 7) is 0. The highest BCUT2D eigenvalue weighted by atomic mass is 16.6. The standard InChI is InChI=1S/C14H9N5O2/c15-7-5-14-17-10-3-1-2-4-11(10)18(14)12-6-8-16-9-13(12)19(20)21/h1-4,6,8-9H,5H2. The van der Waals surface area contributed by atoms with Crippen LogP contribution in [-0.2, 0) is 6.42 Å². The number of pyridine rings is 1. The first-order valence-electron chi connectivity index (χ1n) is 6.14. The van der Waals surface area contributed by atoms with E-state index in [1.807, 2.05) is 24.3 Å². The van der Waals surface area contributed by atoms with Crippen molar-refractivity contribution in [3.63, 3.8) is 0 Å². The summed E-state index contributed by atoms with van der Waals surface area (Å²) in [4.78, 5) is 18.9. The van der Waals surface area contributed by atoms with Crippen LogP contribution in [0.5, 0.6) is 0 Å². The van der Waals surface area contributed by atoms with Crippen LogP contribution < -0.4 is 0 Å². The SMILES string of the molecule is N#CCc1nc2ccccc2n1-c1ccncc1[N+](=O)[O-]. The molecule has 0 bridgehead atoms. The Labute approximate surface area is 119 Å². The number of fused-ring (bicyclic) bond motifs is 1. The van der Waals surface area contributed by atoms with Gasteiger partial charge >= 0.3 is 5.69 Å². The molecule has 2 heterocycles. The molecule has 0 unspecified atom stereocenters. The minimum Gasteiger partial charge on any atom is -0.289 e. The largest absolute Gasteiger partial charge is 0.311 e. The van der Waals surface area contributed by atoms with Gasteiger partial charge in [-0.3, -0.25) is 19.7 Å². The third-order valence-corrected chi connectivity index (χ3v) is 3.08. The van der Waals surface area contributed by atoms with E-state index in [0.717, 1.165) is 5.52 Å². The number of aromatic nitrogens is 3. The van der Waals surface area contributed by atoms with Crippen molar-refractivity contribution < 1.29 is 4.92 Å². The van der Waals surface area contributed by atoms with Crippen LogP contribution in [-0.4, -0.2) is 19.5 Å². The monoisotopic (exact) mass is 279 g/mol. The zero-order chi connectivity index (χ0) is 14.8. The van der Waals surface area contributed by atoms with Crippen LogP contribution in [0.1, 0.15) is 5.82 Å². The molecule has 0 amide bonds. The summed E-state index contributed by atoms with van der Waals surface area (Å²) in [6.07, 6.45) is 2.74. The van der Waals surface area contributed by atoms with Crippen molar-refractivity contribution in [1.82, 2.24) is 14.5 Å². The van der Waals surface area contributed by atoms with E-state index in [4.69, 9.17) is 5.26 Å². The van der Waals surface area contributed by atoms with Gasteiger partial charge in [0.15, 0.2) is 0 Å². The normalized spacial score (nSPS) is 10.4. The van der Waals surface area contributed by atoms with Crippen molar-refractivity contribution in [2.24, 2.45) is 0 Å². The molecule has 0 N–H and O–H groups in total. The summed E-state index contributed by atoms with van der Waals surface area (Å²) < 4.78 is 1.64. The molecule has 0 spiro atoms. The molecule has 0 saturated carbocycles. The Morgan fingerprint density at radius 3 is 2.90 bits per heavy atom. The van der Waals surface area contributed by atoms with Gasteiger partial charge in [-0.05, 0) is 18.2 Å². The van der Waals surface area contributed by atoms with E-state index in [9.17, 15) is 10.1 Å². The second-order valence-electron chi connectivity index (χ2n) is 4.31. The summed E-state index contributed by atoms with van der Waals surface area (Å²) >= 11 is 0. The van der Waals surface area contributed by atoms with Gasteiger partial charge in [0.1, 0.15) is 17.7 Å². The third-order valence-electron chi connectivity index (χ3n) is 3.08. The highest BCUT2D eigenvalue weighted by Crippen LogP contribution is 2.27. The zero-order valence-electron chi connectivity index (χ0n) is 10.8. The molecule has 7 heteroatoms. The molecule has 102 valence electrons. The fourth-order valence-electron chi connectivity index (χ4n) is 2.24. The summed E-state index contributed by atoms with van der Waals surface area (Å²) in [5, 5.41) is 20.1. The molecule has 3 aromatic rings. The number of imidazole rings is 1. The molecule has 2 aromatic heterocycles. The van der Waals surface area contributed by atoms with Crippen LogP contribution in [0, 0.1) is 21.4 Å². The number of benzene rings is 1. The molecule has 7 nitrogen and oxygen atoms in total. The van der Waals surface area contributed by atoms with Crippen LogP contribution in [0.25, 0.3) is 16.7 Å². The zero-order valence-corrected chi connectivity index (χ0v) is 10.8.